The number of amides is 1. The van der Waals surface area contributed by atoms with Gasteiger partial charge < -0.3 is 0 Å². The summed E-state index contributed by atoms with van der Waals surface area (Å²) >= 11 is 18.1. The highest BCUT2D eigenvalue weighted by Gasteiger charge is 2.30. The Morgan fingerprint density at radius 1 is 1.00 bits per heavy atom. The van der Waals surface area contributed by atoms with Gasteiger partial charge in [-0.3, -0.25) is 4.79 Å². The number of carbonyl (C=O) groups excluding carboxylic acids is 1. The number of hydrogen-bond acceptors (Lipinski definition) is 4. The minimum atomic E-state index is -4.12. The maximum Gasteiger partial charge on any atom is 0.255 e. The molecule has 0 heterocycles. The van der Waals surface area contributed by atoms with Crippen molar-refractivity contribution in [3.8, 4) is 0 Å². The average molecular weight is 571 g/mol. The molecule has 0 aliphatic carbocycles. The Balaban J connectivity index is 1.92. The third kappa shape index (κ3) is 6.63. The third-order valence-electron chi connectivity index (χ3n) is 5.25. The minimum absolute atomic E-state index is 0.00865. The molecular weight excluding hydrogens is 548 g/mol. The number of rotatable bonds is 8. The smallest absolute Gasteiger partial charge is 0.255 e. The summed E-state index contributed by atoms with van der Waals surface area (Å²) in [4.78, 5) is 12.8. The van der Waals surface area contributed by atoms with Crippen molar-refractivity contribution in [3.63, 3.8) is 0 Å². The molecule has 0 aliphatic heterocycles. The molecule has 1 N–H and O–H groups in total. The average Bonchev–Trinajstić information content (AvgIpc) is 2.77. The van der Waals surface area contributed by atoms with Crippen LogP contribution in [0.25, 0.3) is 0 Å². The van der Waals surface area contributed by atoms with Crippen molar-refractivity contribution in [2.75, 3.05) is 6.54 Å². The molecule has 0 spiro atoms. The standard InChI is InChI=1S/C25H23Cl3FN3O3S/c1-15-9-16(2)25(17(3)10-15)36(34,35)32(13-18-7-8-21(27)22(28)11-18)14-24(33)31-30-12-19-20(26)5-4-6-23(19)29/h4-12H,13-14H2,1-3H3,(H,31,33)/b30-12+. The quantitative estimate of drug-likeness (QED) is 0.264. The summed E-state index contributed by atoms with van der Waals surface area (Å²) in [6.45, 7) is 4.57. The number of hydrogen-bond donors (Lipinski definition) is 1. The highest BCUT2D eigenvalue weighted by atomic mass is 35.5. The number of hydrazone groups is 1. The number of benzene rings is 3. The third-order valence-corrected chi connectivity index (χ3v) is 8.41. The Morgan fingerprint density at radius 2 is 1.67 bits per heavy atom. The summed E-state index contributed by atoms with van der Waals surface area (Å²) in [5.41, 5.74) is 4.79. The zero-order valence-corrected chi connectivity index (χ0v) is 22.7. The van der Waals surface area contributed by atoms with E-state index in [9.17, 15) is 17.6 Å². The lowest BCUT2D eigenvalue weighted by molar-refractivity contribution is -0.121. The van der Waals surface area contributed by atoms with E-state index in [1.165, 1.54) is 24.3 Å². The van der Waals surface area contributed by atoms with Crippen molar-refractivity contribution in [2.45, 2.75) is 32.2 Å². The molecule has 0 saturated heterocycles. The van der Waals surface area contributed by atoms with Crippen molar-refractivity contribution < 1.29 is 17.6 Å². The molecule has 3 rings (SSSR count). The minimum Gasteiger partial charge on any atom is -0.272 e. The van der Waals surface area contributed by atoms with Gasteiger partial charge >= 0.3 is 0 Å². The van der Waals surface area contributed by atoms with Crippen LogP contribution in [0.5, 0.6) is 0 Å². The molecule has 0 bridgehead atoms. The van der Waals surface area contributed by atoms with Gasteiger partial charge in [0.15, 0.2) is 0 Å². The van der Waals surface area contributed by atoms with Gasteiger partial charge in [0.1, 0.15) is 5.82 Å². The summed E-state index contributed by atoms with van der Waals surface area (Å²) in [6.07, 6.45) is 1.06. The Kier molecular flexibility index (Phi) is 9.13. The number of nitrogens with one attached hydrogen (secondary N) is 1. The van der Waals surface area contributed by atoms with Crippen molar-refractivity contribution >= 4 is 56.9 Å². The van der Waals surface area contributed by atoms with Gasteiger partial charge in [0.25, 0.3) is 5.91 Å². The molecule has 0 aromatic heterocycles. The SMILES string of the molecule is Cc1cc(C)c(S(=O)(=O)N(CC(=O)N/N=C/c2c(F)cccc2Cl)Cc2ccc(Cl)c(Cl)c2)c(C)c1. The van der Waals surface area contributed by atoms with Crippen LogP contribution in [0.15, 0.2) is 58.5 Å². The predicted octanol–water partition coefficient (Wildman–Crippen LogP) is 6.05. The lowest BCUT2D eigenvalue weighted by Crippen LogP contribution is -2.39. The van der Waals surface area contributed by atoms with E-state index >= 15 is 0 Å². The molecule has 36 heavy (non-hydrogen) atoms. The second-order valence-corrected chi connectivity index (χ2v) is 11.3. The van der Waals surface area contributed by atoms with E-state index < -0.39 is 28.3 Å². The van der Waals surface area contributed by atoms with E-state index in [0.717, 1.165) is 16.1 Å². The predicted molar refractivity (Wildman–Crippen MR) is 142 cm³/mol. The normalized spacial score (nSPS) is 11.9. The Hall–Kier alpha value is -2.49. The number of carbonyl (C=O) groups is 1. The van der Waals surface area contributed by atoms with E-state index in [2.05, 4.69) is 10.5 Å². The molecule has 0 radical (unpaired) electrons. The molecule has 1 amide bonds. The highest BCUT2D eigenvalue weighted by Crippen LogP contribution is 2.28. The maximum absolute atomic E-state index is 13.9. The number of halogens is 4. The van der Waals surface area contributed by atoms with Gasteiger partial charge in [0.05, 0.1) is 32.7 Å². The monoisotopic (exact) mass is 569 g/mol. The van der Waals surface area contributed by atoms with Crippen molar-refractivity contribution in [1.82, 2.24) is 9.73 Å². The summed E-state index contributed by atoms with van der Waals surface area (Å²) in [5, 5.41) is 4.43. The van der Waals surface area contributed by atoms with Crippen LogP contribution < -0.4 is 5.43 Å². The topological polar surface area (TPSA) is 78.8 Å². The second-order valence-electron chi connectivity index (χ2n) is 8.18. The fourth-order valence-corrected chi connectivity index (χ4v) is 6.10. The Morgan fingerprint density at radius 3 is 2.28 bits per heavy atom. The van der Waals surface area contributed by atoms with Gasteiger partial charge in [0, 0.05) is 12.1 Å². The van der Waals surface area contributed by atoms with E-state index in [1.54, 1.807) is 38.1 Å². The molecule has 0 unspecified atom stereocenters. The van der Waals surface area contributed by atoms with Crippen LogP contribution in [0.4, 0.5) is 4.39 Å². The van der Waals surface area contributed by atoms with Gasteiger partial charge in [-0.25, -0.2) is 18.2 Å². The number of sulfonamides is 1. The molecule has 3 aromatic rings. The first-order chi connectivity index (χ1) is 16.9. The van der Waals surface area contributed by atoms with Crippen LogP contribution in [-0.2, 0) is 21.4 Å². The van der Waals surface area contributed by atoms with Crippen LogP contribution in [-0.4, -0.2) is 31.4 Å². The van der Waals surface area contributed by atoms with Crippen LogP contribution >= 0.6 is 34.8 Å². The van der Waals surface area contributed by atoms with Crippen molar-refractivity contribution in [3.05, 3.63) is 97.2 Å². The van der Waals surface area contributed by atoms with Gasteiger partial charge in [0.2, 0.25) is 10.0 Å². The highest BCUT2D eigenvalue weighted by molar-refractivity contribution is 7.89. The first-order valence-corrected chi connectivity index (χ1v) is 13.3. The summed E-state index contributed by atoms with van der Waals surface area (Å²) in [6, 6.07) is 12.4. The number of nitrogens with zero attached hydrogens (tertiary/aromatic N) is 2. The summed E-state index contributed by atoms with van der Waals surface area (Å²) in [7, 11) is -4.12. The molecule has 190 valence electrons. The second kappa shape index (κ2) is 11.7. The Labute approximate surface area is 224 Å². The molecular formula is C25H23Cl3FN3O3S. The van der Waals surface area contributed by atoms with Gasteiger partial charge in [-0.15, -0.1) is 0 Å². The first-order valence-electron chi connectivity index (χ1n) is 10.7. The Bertz CT molecular complexity index is 1400. The largest absolute Gasteiger partial charge is 0.272 e. The van der Waals surface area contributed by atoms with Crippen LogP contribution in [0.2, 0.25) is 15.1 Å². The molecule has 0 saturated carbocycles. The molecule has 0 atom stereocenters. The van der Waals surface area contributed by atoms with Gasteiger partial charge in [-0.1, -0.05) is 64.6 Å². The summed E-state index contributed by atoms with van der Waals surface area (Å²) < 4.78 is 42.5. The zero-order chi connectivity index (χ0) is 26.6. The van der Waals surface area contributed by atoms with Crippen molar-refractivity contribution in [2.24, 2.45) is 5.10 Å². The van der Waals surface area contributed by atoms with Crippen LogP contribution in [0, 0.1) is 26.6 Å². The van der Waals surface area contributed by atoms with E-state index in [1.807, 2.05) is 6.92 Å². The van der Waals surface area contributed by atoms with E-state index in [-0.39, 0.29) is 27.0 Å². The molecule has 0 fully saturated rings. The van der Waals surface area contributed by atoms with Gasteiger partial charge in [-0.2, -0.15) is 9.41 Å². The fraction of sp³-hybridized carbons (Fsp3) is 0.200. The van der Waals surface area contributed by atoms with E-state index in [0.29, 0.717) is 21.7 Å². The van der Waals surface area contributed by atoms with Crippen LogP contribution in [0.3, 0.4) is 0 Å². The first kappa shape index (κ1) is 28.1. The van der Waals surface area contributed by atoms with Gasteiger partial charge in [-0.05, 0) is 61.7 Å². The lowest BCUT2D eigenvalue weighted by Gasteiger charge is -2.24. The molecule has 6 nitrogen and oxygen atoms in total. The zero-order valence-electron chi connectivity index (χ0n) is 19.6. The fourth-order valence-electron chi connectivity index (χ4n) is 3.77. The summed E-state index contributed by atoms with van der Waals surface area (Å²) in [5.74, 6) is -1.35. The number of aryl methyl sites for hydroxylation is 3. The molecule has 0 aliphatic rings. The van der Waals surface area contributed by atoms with Crippen molar-refractivity contribution in [1.29, 1.82) is 0 Å². The lowest BCUT2D eigenvalue weighted by atomic mass is 10.1. The maximum atomic E-state index is 13.9. The molecule has 11 heteroatoms. The molecule has 3 aromatic carbocycles. The van der Waals surface area contributed by atoms with E-state index in [4.69, 9.17) is 34.8 Å². The van der Waals surface area contributed by atoms with Crippen LogP contribution in [0.1, 0.15) is 27.8 Å².